The molecule has 18 heavy (non-hydrogen) atoms. The van der Waals surface area contributed by atoms with E-state index in [2.05, 4.69) is 5.32 Å². The van der Waals surface area contributed by atoms with Crippen LogP contribution < -0.4 is 10.1 Å². The number of carbonyl (C=O) groups is 1. The lowest BCUT2D eigenvalue weighted by Gasteiger charge is -2.35. The molecule has 98 valence electrons. The molecule has 0 radical (unpaired) electrons. The lowest BCUT2D eigenvalue weighted by atomic mass is 9.81. The van der Waals surface area contributed by atoms with Crippen LogP contribution in [-0.4, -0.2) is 23.7 Å². The van der Waals surface area contributed by atoms with Crippen molar-refractivity contribution in [3.8, 4) is 5.75 Å². The van der Waals surface area contributed by atoms with Gasteiger partial charge in [0.15, 0.2) is 0 Å². The van der Waals surface area contributed by atoms with Crippen molar-refractivity contribution in [3.63, 3.8) is 0 Å². The highest BCUT2D eigenvalue weighted by molar-refractivity contribution is 5.83. The molecule has 0 aliphatic heterocycles. The van der Waals surface area contributed by atoms with Crippen molar-refractivity contribution in [2.75, 3.05) is 12.4 Å². The van der Waals surface area contributed by atoms with Crippen molar-refractivity contribution in [3.05, 3.63) is 24.3 Å². The third kappa shape index (κ3) is 2.42. The predicted octanol–water partition coefficient (Wildman–Crippen LogP) is 2.89. The van der Waals surface area contributed by atoms with Gasteiger partial charge in [-0.05, 0) is 25.0 Å². The number of carboxylic acids is 1. The Labute approximate surface area is 107 Å². The van der Waals surface area contributed by atoms with Crippen LogP contribution in [0.5, 0.6) is 5.75 Å². The van der Waals surface area contributed by atoms with Crippen molar-refractivity contribution >= 4 is 11.7 Å². The van der Waals surface area contributed by atoms with Crippen LogP contribution >= 0.6 is 0 Å². The monoisotopic (exact) mass is 249 g/mol. The number of methoxy groups -OCH3 is 1. The first kappa shape index (κ1) is 12.7. The zero-order valence-corrected chi connectivity index (χ0v) is 10.6. The van der Waals surface area contributed by atoms with E-state index in [-0.39, 0.29) is 0 Å². The third-order valence-corrected chi connectivity index (χ3v) is 3.60. The zero-order valence-electron chi connectivity index (χ0n) is 10.6. The van der Waals surface area contributed by atoms with Crippen LogP contribution in [0.25, 0.3) is 0 Å². The molecule has 1 aliphatic carbocycles. The molecule has 1 fully saturated rings. The number of anilines is 1. The van der Waals surface area contributed by atoms with Gasteiger partial charge in [0.1, 0.15) is 11.3 Å². The molecule has 1 aromatic rings. The van der Waals surface area contributed by atoms with Gasteiger partial charge in [-0.25, -0.2) is 4.79 Å². The van der Waals surface area contributed by atoms with Crippen LogP contribution in [0.3, 0.4) is 0 Å². The number of carboxylic acid groups (broad SMARTS) is 1. The van der Waals surface area contributed by atoms with E-state index in [1.54, 1.807) is 7.11 Å². The highest BCUT2D eigenvalue weighted by atomic mass is 16.5. The summed E-state index contributed by atoms with van der Waals surface area (Å²) in [6.07, 6.45) is 4.35. The van der Waals surface area contributed by atoms with E-state index in [4.69, 9.17) is 4.74 Å². The molecular formula is C14H19NO3. The van der Waals surface area contributed by atoms with Gasteiger partial charge in [0, 0.05) is 0 Å². The molecule has 2 N–H and O–H groups in total. The molecule has 0 amide bonds. The van der Waals surface area contributed by atoms with Crippen molar-refractivity contribution in [1.29, 1.82) is 0 Å². The van der Waals surface area contributed by atoms with E-state index in [1.165, 1.54) is 0 Å². The number of benzene rings is 1. The van der Waals surface area contributed by atoms with Crippen LogP contribution in [-0.2, 0) is 4.79 Å². The van der Waals surface area contributed by atoms with Crippen molar-refractivity contribution in [1.82, 2.24) is 0 Å². The average Bonchev–Trinajstić information content (AvgIpc) is 2.40. The lowest BCUT2D eigenvalue weighted by Crippen LogP contribution is -2.47. The Bertz CT molecular complexity index is 425. The molecular weight excluding hydrogens is 230 g/mol. The maximum Gasteiger partial charge on any atom is 0.329 e. The van der Waals surface area contributed by atoms with E-state index in [1.807, 2.05) is 24.3 Å². The topological polar surface area (TPSA) is 58.6 Å². The number of para-hydroxylation sites is 2. The predicted molar refractivity (Wildman–Crippen MR) is 70.1 cm³/mol. The summed E-state index contributed by atoms with van der Waals surface area (Å²) in [6.45, 7) is 0. The first-order valence-electron chi connectivity index (χ1n) is 6.32. The van der Waals surface area contributed by atoms with Crippen LogP contribution in [0.15, 0.2) is 24.3 Å². The minimum absolute atomic E-state index is 0.667. The van der Waals surface area contributed by atoms with Crippen LogP contribution in [0.1, 0.15) is 32.1 Å². The van der Waals surface area contributed by atoms with Gasteiger partial charge in [-0.15, -0.1) is 0 Å². The summed E-state index contributed by atoms with van der Waals surface area (Å²) >= 11 is 0. The first-order valence-corrected chi connectivity index (χ1v) is 6.32. The molecule has 0 saturated heterocycles. The second kappa shape index (κ2) is 5.29. The Hall–Kier alpha value is -1.71. The highest BCUT2D eigenvalue weighted by Crippen LogP contribution is 2.35. The van der Waals surface area contributed by atoms with E-state index in [9.17, 15) is 9.90 Å². The normalized spacial score (nSPS) is 18.1. The van der Waals surface area contributed by atoms with E-state index in [0.717, 1.165) is 24.9 Å². The number of hydrogen-bond acceptors (Lipinski definition) is 3. The molecule has 0 bridgehead atoms. The van der Waals surface area contributed by atoms with Gasteiger partial charge in [0.25, 0.3) is 0 Å². The second-order valence-corrected chi connectivity index (χ2v) is 4.77. The maximum atomic E-state index is 11.6. The molecule has 4 nitrogen and oxygen atoms in total. The van der Waals surface area contributed by atoms with Gasteiger partial charge in [0.2, 0.25) is 0 Å². The average molecular weight is 249 g/mol. The Morgan fingerprint density at radius 1 is 1.28 bits per heavy atom. The minimum atomic E-state index is -0.840. The largest absolute Gasteiger partial charge is 0.495 e. The summed E-state index contributed by atoms with van der Waals surface area (Å²) in [5.74, 6) is -0.0863. The molecule has 2 rings (SSSR count). The van der Waals surface area contributed by atoms with Gasteiger partial charge in [-0.3, -0.25) is 0 Å². The Morgan fingerprint density at radius 2 is 1.94 bits per heavy atom. The maximum absolute atomic E-state index is 11.6. The number of ether oxygens (including phenoxy) is 1. The fraction of sp³-hybridized carbons (Fsp3) is 0.500. The summed E-state index contributed by atoms with van der Waals surface area (Å²) in [4.78, 5) is 11.6. The summed E-state index contributed by atoms with van der Waals surface area (Å²) < 4.78 is 5.26. The Balaban J connectivity index is 2.26. The SMILES string of the molecule is COc1ccccc1NC1(C(=O)O)CCCCC1. The Kier molecular flexibility index (Phi) is 3.75. The molecule has 1 aliphatic rings. The van der Waals surface area contributed by atoms with Crippen LogP contribution in [0.2, 0.25) is 0 Å². The van der Waals surface area contributed by atoms with Gasteiger partial charge in [-0.2, -0.15) is 0 Å². The molecule has 0 aromatic heterocycles. The van der Waals surface area contributed by atoms with Gasteiger partial charge in [-0.1, -0.05) is 31.4 Å². The minimum Gasteiger partial charge on any atom is -0.495 e. The molecule has 0 heterocycles. The molecule has 0 spiro atoms. The van der Waals surface area contributed by atoms with Crippen molar-refractivity contribution < 1.29 is 14.6 Å². The van der Waals surface area contributed by atoms with Crippen molar-refractivity contribution in [2.24, 2.45) is 0 Å². The van der Waals surface area contributed by atoms with E-state index in [0.29, 0.717) is 18.6 Å². The smallest absolute Gasteiger partial charge is 0.329 e. The van der Waals surface area contributed by atoms with Crippen LogP contribution in [0.4, 0.5) is 5.69 Å². The number of aliphatic carboxylic acids is 1. The standard InChI is InChI=1S/C14H19NO3/c1-18-12-8-4-3-7-11(12)15-14(13(16)17)9-5-2-6-10-14/h3-4,7-8,15H,2,5-6,9-10H2,1H3,(H,16,17). The number of rotatable bonds is 4. The molecule has 0 unspecified atom stereocenters. The first-order chi connectivity index (χ1) is 8.68. The van der Waals surface area contributed by atoms with Crippen molar-refractivity contribution in [2.45, 2.75) is 37.6 Å². The molecule has 1 aromatic carbocycles. The number of hydrogen-bond donors (Lipinski definition) is 2. The van der Waals surface area contributed by atoms with Crippen LogP contribution in [0, 0.1) is 0 Å². The quantitative estimate of drug-likeness (QED) is 0.861. The van der Waals surface area contributed by atoms with Gasteiger partial charge < -0.3 is 15.2 Å². The summed E-state index contributed by atoms with van der Waals surface area (Å²) in [5.41, 5.74) is -0.0864. The van der Waals surface area contributed by atoms with Gasteiger partial charge in [0.05, 0.1) is 12.8 Å². The van der Waals surface area contributed by atoms with E-state index < -0.39 is 11.5 Å². The number of nitrogens with one attached hydrogen (secondary N) is 1. The lowest BCUT2D eigenvalue weighted by molar-refractivity contribution is -0.143. The fourth-order valence-electron chi connectivity index (χ4n) is 2.55. The molecule has 1 saturated carbocycles. The van der Waals surface area contributed by atoms with E-state index >= 15 is 0 Å². The highest BCUT2D eigenvalue weighted by Gasteiger charge is 2.39. The summed E-state index contributed by atoms with van der Waals surface area (Å²) in [5, 5.41) is 12.7. The van der Waals surface area contributed by atoms with Gasteiger partial charge >= 0.3 is 5.97 Å². The summed E-state index contributed by atoms with van der Waals surface area (Å²) in [7, 11) is 1.59. The zero-order chi connectivity index (χ0) is 13.0. The summed E-state index contributed by atoms with van der Waals surface area (Å²) in [6, 6.07) is 7.44. The Morgan fingerprint density at radius 3 is 2.56 bits per heavy atom. The second-order valence-electron chi connectivity index (χ2n) is 4.77. The fourth-order valence-corrected chi connectivity index (χ4v) is 2.55. The molecule has 4 heteroatoms. The molecule has 0 atom stereocenters. The third-order valence-electron chi connectivity index (χ3n) is 3.60.